The van der Waals surface area contributed by atoms with Gasteiger partial charge in [0.1, 0.15) is 0 Å². The number of para-hydroxylation sites is 1. The lowest BCUT2D eigenvalue weighted by Crippen LogP contribution is -2.12. The van der Waals surface area contributed by atoms with Gasteiger partial charge in [0.05, 0.1) is 11.2 Å². The lowest BCUT2D eigenvalue weighted by Gasteiger charge is -2.08. The number of carbonyl (C=O) groups excluding carboxylic acids is 1. The number of aromatic nitrogens is 1. The summed E-state index contributed by atoms with van der Waals surface area (Å²) >= 11 is 0. The van der Waals surface area contributed by atoms with E-state index in [1.54, 1.807) is 6.20 Å². The number of nitrogens with zero attached hydrogens (tertiary/aromatic N) is 1. The summed E-state index contributed by atoms with van der Waals surface area (Å²) in [5.74, 6) is -0.131. The molecule has 0 unspecified atom stereocenters. The lowest BCUT2D eigenvalue weighted by atomic mass is 10.1. The Hall–Kier alpha value is -3.20. The minimum absolute atomic E-state index is 0.131. The first-order chi connectivity index (χ1) is 11.3. The van der Waals surface area contributed by atoms with Crippen LogP contribution < -0.4 is 5.32 Å². The number of fused-ring (bicyclic) bond motifs is 2. The summed E-state index contributed by atoms with van der Waals surface area (Å²) in [5, 5.41) is 6.14. The fraction of sp³-hybridized carbons (Fsp3) is 0. The normalized spacial score (nSPS) is 10.8. The lowest BCUT2D eigenvalue weighted by molar-refractivity contribution is 0.102. The van der Waals surface area contributed by atoms with Gasteiger partial charge in [0, 0.05) is 17.1 Å². The van der Waals surface area contributed by atoms with Crippen LogP contribution in [0.25, 0.3) is 21.7 Å². The first-order valence-electron chi connectivity index (χ1n) is 7.45. The maximum atomic E-state index is 12.6. The molecule has 23 heavy (non-hydrogen) atoms. The van der Waals surface area contributed by atoms with E-state index in [1.165, 1.54) is 0 Å². The molecule has 0 aliphatic rings. The Kier molecular flexibility index (Phi) is 3.24. The van der Waals surface area contributed by atoms with Gasteiger partial charge < -0.3 is 5.32 Å². The second-order valence-electron chi connectivity index (χ2n) is 5.40. The number of hydrogen-bond donors (Lipinski definition) is 1. The summed E-state index contributed by atoms with van der Waals surface area (Å²) in [4.78, 5) is 16.9. The van der Waals surface area contributed by atoms with Crippen molar-refractivity contribution < 1.29 is 4.79 Å². The van der Waals surface area contributed by atoms with Crippen LogP contribution >= 0.6 is 0 Å². The molecule has 1 N–H and O–H groups in total. The molecule has 3 nitrogen and oxygen atoms in total. The smallest absolute Gasteiger partial charge is 0.255 e. The minimum atomic E-state index is -0.131. The third-order valence-corrected chi connectivity index (χ3v) is 3.89. The maximum absolute atomic E-state index is 12.6. The second-order valence-corrected chi connectivity index (χ2v) is 5.40. The third-order valence-electron chi connectivity index (χ3n) is 3.89. The van der Waals surface area contributed by atoms with Crippen LogP contribution in [0.1, 0.15) is 10.4 Å². The standard InChI is InChI=1S/C20H14N2O/c23-20(17-11-10-14-5-1-2-6-16(14)13-17)22-18-9-3-7-15-8-4-12-21-19(15)18/h1-13H,(H,22,23). The SMILES string of the molecule is O=C(Nc1cccc2cccnc12)c1ccc2ccccc2c1. The van der Waals surface area contributed by atoms with E-state index in [0.717, 1.165) is 27.4 Å². The van der Waals surface area contributed by atoms with E-state index >= 15 is 0 Å². The Morgan fingerprint density at radius 1 is 0.783 bits per heavy atom. The molecule has 0 aliphatic carbocycles. The van der Waals surface area contributed by atoms with E-state index in [-0.39, 0.29) is 5.91 Å². The van der Waals surface area contributed by atoms with Gasteiger partial charge >= 0.3 is 0 Å². The van der Waals surface area contributed by atoms with Crippen LogP contribution in [-0.4, -0.2) is 10.9 Å². The molecule has 0 bridgehead atoms. The highest BCUT2D eigenvalue weighted by Gasteiger charge is 2.09. The minimum Gasteiger partial charge on any atom is -0.320 e. The highest BCUT2D eigenvalue weighted by atomic mass is 16.1. The van der Waals surface area contributed by atoms with Crippen LogP contribution in [0.2, 0.25) is 0 Å². The number of pyridine rings is 1. The van der Waals surface area contributed by atoms with E-state index in [2.05, 4.69) is 10.3 Å². The summed E-state index contributed by atoms with van der Waals surface area (Å²) in [6.45, 7) is 0. The maximum Gasteiger partial charge on any atom is 0.255 e. The van der Waals surface area contributed by atoms with E-state index in [0.29, 0.717) is 5.56 Å². The van der Waals surface area contributed by atoms with Crippen LogP contribution in [0.15, 0.2) is 79.0 Å². The molecule has 0 fully saturated rings. The average Bonchev–Trinajstić information content (AvgIpc) is 2.61. The third kappa shape index (κ3) is 2.53. The molecular formula is C20H14N2O. The van der Waals surface area contributed by atoms with E-state index < -0.39 is 0 Å². The summed E-state index contributed by atoms with van der Waals surface area (Å²) in [6, 6.07) is 23.3. The van der Waals surface area contributed by atoms with E-state index in [4.69, 9.17) is 0 Å². The number of benzene rings is 3. The van der Waals surface area contributed by atoms with Crippen LogP contribution in [0.4, 0.5) is 5.69 Å². The van der Waals surface area contributed by atoms with Crippen molar-refractivity contribution in [2.75, 3.05) is 5.32 Å². The second kappa shape index (κ2) is 5.54. The molecule has 110 valence electrons. The molecule has 3 aromatic carbocycles. The van der Waals surface area contributed by atoms with Gasteiger partial charge in [-0.2, -0.15) is 0 Å². The fourth-order valence-electron chi connectivity index (χ4n) is 2.73. The number of rotatable bonds is 2. The molecular weight excluding hydrogens is 284 g/mol. The van der Waals surface area contributed by atoms with E-state index in [1.807, 2.05) is 72.8 Å². The Labute approximate surface area is 133 Å². The summed E-state index contributed by atoms with van der Waals surface area (Å²) in [7, 11) is 0. The van der Waals surface area contributed by atoms with Crippen molar-refractivity contribution in [3.05, 3.63) is 84.6 Å². The van der Waals surface area contributed by atoms with Crippen LogP contribution in [0, 0.1) is 0 Å². The molecule has 4 rings (SSSR count). The molecule has 0 atom stereocenters. The Morgan fingerprint density at radius 2 is 1.57 bits per heavy atom. The van der Waals surface area contributed by atoms with Crippen molar-refractivity contribution in [3.8, 4) is 0 Å². The molecule has 1 aromatic heterocycles. The Bertz CT molecular complexity index is 1020. The fourth-order valence-corrected chi connectivity index (χ4v) is 2.73. The van der Waals surface area contributed by atoms with Gasteiger partial charge in [-0.25, -0.2) is 0 Å². The number of nitrogens with one attached hydrogen (secondary N) is 1. The van der Waals surface area contributed by atoms with Crippen molar-refractivity contribution in [2.45, 2.75) is 0 Å². The van der Waals surface area contributed by atoms with Gasteiger partial charge in [-0.1, -0.05) is 48.5 Å². The first-order valence-corrected chi connectivity index (χ1v) is 7.45. The quantitative estimate of drug-likeness (QED) is 0.585. The average molecular weight is 298 g/mol. The monoisotopic (exact) mass is 298 g/mol. The van der Waals surface area contributed by atoms with Crippen LogP contribution in [0.3, 0.4) is 0 Å². The Balaban J connectivity index is 1.70. The summed E-state index contributed by atoms with van der Waals surface area (Å²) in [5.41, 5.74) is 2.15. The number of carbonyl (C=O) groups is 1. The van der Waals surface area contributed by atoms with Crippen molar-refractivity contribution in [2.24, 2.45) is 0 Å². The van der Waals surface area contributed by atoms with Crippen molar-refractivity contribution in [3.63, 3.8) is 0 Å². The molecule has 1 heterocycles. The number of hydrogen-bond acceptors (Lipinski definition) is 2. The highest BCUT2D eigenvalue weighted by Crippen LogP contribution is 2.22. The summed E-state index contributed by atoms with van der Waals surface area (Å²) < 4.78 is 0. The van der Waals surface area contributed by atoms with Crippen molar-refractivity contribution in [1.82, 2.24) is 4.98 Å². The van der Waals surface area contributed by atoms with E-state index in [9.17, 15) is 4.79 Å². The largest absolute Gasteiger partial charge is 0.320 e. The Morgan fingerprint density at radius 3 is 2.48 bits per heavy atom. The topological polar surface area (TPSA) is 42.0 Å². The molecule has 0 spiro atoms. The van der Waals surface area contributed by atoms with Gasteiger partial charge in [-0.15, -0.1) is 0 Å². The van der Waals surface area contributed by atoms with Gasteiger partial charge in [0.2, 0.25) is 0 Å². The molecule has 0 saturated heterocycles. The zero-order valence-corrected chi connectivity index (χ0v) is 12.4. The zero-order chi connectivity index (χ0) is 15.6. The van der Waals surface area contributed by atoms with Gasteiger partial charge in [0.25, 0.3) is 5.91 Å². The number of anilines is 1. The predicted molar refractivity (Wildman–Crippen MR) is 93.6 cm³/mol. The highest BCUT2D eigenvalue weighted by molar-refractivity contribution is 6.09. The molecule has 0 radical (unpaired) electrons. The van der Waals surface area contributed by atoms with Gasteiger partial charge in [0.15, 0.2) is 0 Å². The van der Waals surface area contributed by atoms with Crippen molar-refractivity contribution >= 4 is 33.3 Å². The molecule has 0 aliphatic heterocycles. The van der Waals surface area contributed by atoms with Crippen LogP contribution in [-0.2, 0) is 0 Å². The zero-order valence-electron chi connectivity index (χ0n) is 12.4. The first kappa shape index (κ1) is 13.5. The number of amides is 1. The summed E-state index contributed by atoms with van der Waals surface area (Å²) in [6.07, 6.45) is 1.73. The van der Waals surface area contributed by atoms with Crippen molar-refractivity contribution in [1.29, 1.82) is 0 Å². The van der Waals surface area contributed by atoms with Crippen LogP contribution in [0.5, 0.6) is 0 Å². The van der Waals surface area contributed by atoms with Gasteiger partial charge in [-0.05, 0) is 35.0 Å². The molecule has 1 amide bonds. The molecule has 0 saturated carbocycles. The molecule has 3 heteroatoms. The molecule has 4 aromatic rings. The predicted octanol–water partition coefficient (Wildman–Crippen LogP) is 4.64. The van der Waals surface area contributed by atoms with Gasteiger partial charge in [-0.3, -0.25) is 9.78 Å².